The number of anilines is 12. The molecule has 0 bridgehead atoms. The second kappa shape index (κ2) is 32.7. The first-order valence-corrected chi connectivity index (χ1v) is 33.9. The Balaban J connectivity index is 0.000000122. The maximum atomic E-state index is 13.6. The lowest BCUT2D eigenvalue weighted by atomic mass is 10.1. The highest BCUT2D eigenvalue weighted by molar-refractivity contribution is 5.60. The van der Waals surface area contributed by atoms with Gasteiger partial charge < -0.3 is 47.4 Å². The maximum absolute atomic E-state index is 13.6. The van der Waals surface area contributed by atoms with Crippen LogP contribution in [0.4, 0.5) is 87.4 Å². The molecule has 0 spiro atoms. The molecular weight excluding hydrogens is 1320 g/mol. The molecule has 4 fully saturated rings. The molecular formula is C73H76F4N26. The summed E-state index contributed by atoms with van der Waals surface area (Å²) in [5, 5.41) is 64.1. The average molecular weight is 1390 g/mol. The Morgan fingerprint density at radius 1 is 0.417 bits per heavy atom. The number of hydrogen-bond donors (Lipinski definition) is 12. The summed E-state index contributed by atoms with van der Waals surface area (Å²) in [5.41, 5.74) is 7.70. The number of nitriles is 1. The molecule has 4 aliphatic rings. The van der Waals surface area contributed by atoms with Gasteiger partial charge in [0.25, 0.3) is 0 Å². The molecule has 3 unspecified atom stereocenters. The Bertz CT molecular complexity index is 4770. The van der Waals surface area contributed by atoms with Crippen molar-refractivity contribution in [3.05, 3.63) is 239 Å². The van der Waals surface area contributed by atoms with E-state index >= 15 is 0 Å². The van der Waals surface area contributed by atoms with Gasteiger partial charge in [0.2, 0.25) is 0 Å². The standard InChI is InChI=1S/C20H25N7.C18H18F2N6.C18H16FN7.C17H17FN6/c1-27(2)12-17(14-6-4-3-5-7-14)23-18-11-19(22-13-21-18)24-20-10-16(25-26-20)15-8-9-15;1-10(12-4-5-13(19)14(20)6-12)23-16-8-17(22-9-21-16)24-18-7-15(25-26-18)11-2-3-11;19-13-5-3-12(4-6-13)15(9-20)23-16-8-17(22-10-21-16)24-18-7-14(25-26-18)11-1-2-11;18-13-4-2-1-3-12(13)9-19-15-8-16(21-10-20-15)22-17-7-14(23-24-17)11-5-6-11/h3-7,10-11,13,15,17H,8-9,12H2,1-2H3,(H3,21,22,23,24,25,26);4-11H,2-3H2,1H3,(H3,21,22,23,24,25,26);3-8,10-11,15H,1-2H2,(H3,21,22,23,24,25,26);1-4,7-8,10-11H,5-6,9H2,(H3,19,20,21,22,23,24). The largest absolute Gasteiger partial charge is 0.366 e. The van der Waals surface area contributed by atoms with E-state index in [0.717, 1.165) is 53.0 Å². The van der Waals surface area contributed by atoms with Crippen molar-refractivity contribution in [2.45, 2.75) is 107 Å². The molecule has 12 N–H and O–H groups in total. The van der Waals surface area contributed by atoms with Crippen LogP contribution in [0.3, 0.4) is 0 Å². The first-order chi connectivity index (χ1) is 50.2. The second-order valence-electron chi connectivity index (χ2n) is 25.7. The summed E-state index contributed by atoms with van der Waals surface area (Å²) in [4.78, 5) is 35.9. The quantitative estimate of drug-likeness (QED) is 0.0224. The third kappa shape index (κ3) is 20.2. The summed E-state index contributed by atoms with van der Waals surface area (Å²) in [5.74, 6) is 8.01. The zero-order valence-electron chi connectivity index (χ0n) is 56.6. The number of aromatic nitrogens is 16. The van der Waals surface area contributed by atoms with Gasteiger partial charge >= 0.3 is 0 Å². The van der Waals surface area contributed by atoms with Crippen LogP contribution < -0.4 is 42.5 Å². The van der Waals surface area contributed by atoms with Crippen LogP contribution >= 0.6 is 0 Å². The van der Waals surface area contributed by atoms with Crippen molar-refractivity contribution >= 4 is 69.8 Å². The van der Waals surface area contributed by atoms with E-state index in [9.17, 15) is 22.8 Å². The smallest absolute Gasteiger partial charge is 0.159 e. The van der Waals surface area contributed by atoms with E-state index in [1.807, 2.05) is 43.3 Å². The highest BCUT2D eigenvalue weighted by Gasteiger charge is 2.29. The maximum Gasteiger partial charge on any atom is 0.159 e. The number of aromatic amines is 4. The lowest BCUT2D eigenvalue weighted by Crippen LogP contribution is -2.26. The Morgan fingerprint density at radius 2 is 0.825 bits per heavy atom. The summed E-state index contributed by atoms with van der Waals surface area (Å²) < 4.78 is 53.2. The minimum absolute atomic E-state index is 0.135. The predicted octanol–water partition coefficient (Wildman–Crippen LogP) is 15.0. The number of likely N-dealkylation sites (N-methyl/N-ethyl adjacent to an activating group) is 1. The minimum atomic E-state index is -0.869. The molecule has 0 amide bonds. The topological polar surface area (TPSA) is 341 Å². The van der Waals surface area contributed by atoms with E-state index in [1.54, 1.807) is 54.9 Å². The summed E-state index contributed by atoms with van der Waals surface area (Å²) in [6.45, 7) is 3.07. The van der Waals surface area contributed by atoms with Gasteiger partial charge in [-0.3, -0.25) is 20.4 Å². The van der Waals surface area contributed by atoms with E-state index in [1.165, 1.54) is 106 Å². The number of halogens is 4. The number of nitrogens with one attached hydrogen (secondary N) is 12. The molecule has 8 heterocycles. The molecule has 0 radical (unpaired) electrons. The van der Waals surface area contributed by atoms with Crippen LogP contribution in [0.2, 0.25) is 0 Å². The van der Waals surface area contributed by atoms with E-state index in [0.29, 0.717) is 93.4 Å². The number of rotatable bonds is 26. The van der Waals surface area contributed by atoms with Crippen LogP contribution in [-0.4, -0.2) is 106 Å². The van der Waals surface area contributed by atoms with Crippen molar-refractivity contribution in [1.82, 2.24) is 85.6 Å². The van der Waals surface area contributed by atoms with Gasteiger partial charge in [-0.15, -0.1) is 0 Å². The molecule has 0 aliphatic heterocycles. The molecule has 4 aromatic carbocycles. The molecule has 26 nitrogen and oxygen atoms in total. The summed E-state index contributed by atoms with van der Waals surface area (Å²) in [7, 11) is 4.14. The van der Waals surface area contributed by atoms with Gasteiger partial charge in [0.1, 0.15) is 89.5 Å². The molecule has 0 saturated heterocycles. The van der Waals surface area contributed by atoms with E-state index < -0.39 is 17.7 Å². The molecule has 103 heavy (non-hydrogen) atoms. The third-order valence-corrected chi connectivity index (χ3v) is 17.1. The first-order valence-electron chi connectivity index (χ1n) is 33.9. The molecule has 8 aromatic heterocycles. The second-order valence-corrected chi connectivity index (χ2v) is 25.7. The summed E-state index contributed by atoms with van der Waals surface area (Å²) in [6, 6.07) is 43.2. The fourth-order valence-electron chi connectivity index (χ4n) is 10.9. The fourth-order valence-corrected chi connectivity index (χ4v) is 10.9. The van der Waals surface area contributed by atoms with Crippen molar-refractivity contribution < 1.29 is 17.6 Å². The number of nitrogens with zero attached hydrogens (tertiary/aromatic N) is 14. The van der Waals surface area contributed by atoms with E-state index in [2.05, 4.69) is 179 Å². The normalized spacial score (nSPS) is 14.5. The predicted molar refractivity (Wildman–Crippen MR) is 385 cm³/mol. The number of benzene rings is 4. The Labute approximate surface area is 590 Å². The van der Waals surface area contributed by atoms with E-state index in [4.69, 9.17) is 0 Å². The third-order valence-electron chi connectivity index (χ3n) is 17.1. The van der Waals surface area contributed by atoms with Gasteiger partial charge in [0.15, 0.2) is 34.9 Å². The molecule has 526 valence electrons. The van der Waals surface area contributed by atoms with Gasteiger partial charge in [-0.2, -0.15) is 25.7 Å². The minimum Gasteiger partial charge on any atom is -0.366 e. The van der Waals surface area contributed by atoms with Crippen molar-refractivity contribution in [2.75, 3.05) is 63.2 Å². The van der Waals surface area contributed by atoms with Crippen molar-refractivity contribution in [3.63, 3.8) is 0 Å². The van der Waals surface area contributed by atoms with Crippen LogP contribution in [0.5, 0.6) is 0 Å². The highest BCUT2D eigenvalue weighted by Crippen LogP contribution is 2.42. The zero-order valence-corrected chi connectivity index (χ0v) is 56.6. The number of hydrogen-bond acceptors (Lipinski definition) is 22. The lowest BCUT2D eigenvalue weighted by Gasteiger charge is -2.23. The van der Waals surface area contributed by atoms with Crippen molar-refractivity contribution in [1.29, 1.82) is 5.26 Å². The monoisotopic (exact) mass is 1390 g/mol. The SMILES string of the molecule is CC(Nc1cc(Nc2cc(C3CC3)[nH]n2)ncn1)c1ccc(F)c(F)c1.CN(C)CC(Nc1cc(Nc2cc(C3CC3)[nH]n2)ncn1)c1ccccc1.Fc1ccccc1CNc1cc(Nc2cc(C3CC3)[nH]n2)ncn1.N#CC(Nc1cc(Nc2cc(C3CC3)[nH]n2)ncn1)c1ccc(F)cc1. The average Bonchev–Trinajstić information content (AvgIpc) is 1.75. The lowest BCUT2D eigenvalue weighted by molar-refractivity contribution is 0.386. The Kier molecular flexibility index (Phi) is 22.0. The van der Waals surface area contributed by atoms with Gasteiger partial charge in [-0.25, -0.2) is 57.4 Å². The summed E-state index contributed by atoms with van der Waals surface area (Å²) in [6.07, 6.45) is 15.6. The van der Waals surface area contributed by atoms with Crippen LogP contribution in [0, 0.1) is 34.6 Å². The van der Waals surface area contributed by atoms with Gasteiger partial charge in [-0.1, -0.05) is 66.7 Å². The van der Waals surface area contributed by atoms with Gasteiger partial charge in [-0.05, 0) is 119 Å². The summed E-state index contributed by atoms with van der Waals surface area (Å²) >= 11 is 0. The molecule has 4 aliphatic carbocycles. The molecule has 3 atom stereocenters. The Hall–Kier alpha value is -12.4. The fraction of sp³-hybridized carbons (Fsp3) is 0.274. The van der Waals surface area contributed by atoms with Crippen LogP contribution in [0.15, 0.2) is 171 Å². The zero-order chi connectivity index (χ0) is 71.0. The van der Waals surface area contributed by atoms with Gasteiger partial charge in [0.05, 0.1) is 18.2 Å². The van der Waals surface area contributed by atoms with Crippen LogP contribution in [0.25, 0.3) is 0 Å². The molecule has 12 aromatic rings. The van der Waals surface area contributed by atoms with Crippen LogP contribution in [-0.2, 0) is 6.54 Å². The van der Waals surface area contributed by atoms with Crippen LogP contribution in [0.1, 0.15) is 145 Å². The molecule has 4 saturated carbocycles. The van der Waals surface area contributed by atoms with E-state index in [-0.39, 0.29) is 23.7 Å². The van der Waals surface area contributed by atoms with Crippen molar-refractivity contribution in [3.8, 4) is 6.07 Å². The Morgan fingerprint density at radius 3 is 1.26 bits per heavy atom. The number of H-pyrrole nitrogens is 4. The van der Waals surface area contributed by atoms with Crippen molar-refractivity contribution in [2.24, 2.45) is 0 Å². The van der Waals surface area contributed by atoms with Gasteiger partial charge in [0, 0.05) is 114 Å². The first kappa shape index (κ1) is 69.1. The highest BCUT2D eigenvalue weighted by atomic mass is 19.2. The molecule has 16 rings (SSSR count). The molecule has 30 heteroatoms.